The number of likely N-dealkylation sites (N-methyl/N-ethyl adjacent to an activating group) is 1. The fraction of sp³-hybridized carbons (Fsp3) is 0.913. The van der Waals surface area contributed by atoms with Crippen LogP contribution in [0.15, 0.2) is 11.6 Å². The average molecular weight is 334 g/mol. The first-order valence-electron chi connectivity index (χ1n) is 10.3. The number of nitrogens with one attached hydrogen (secondary N) is 1. The lowest BCUT2D eigenvalue weighted by atomic mass is 9.35. The second-order valence-corrected chi connectivity index (χ2v) is 10.7. The van der Waals surface area contributed by atoms with Gasteiger partial charge in [-0.1, -0.05) is 74.0 Å². The number of rotatable bonds is 5. The van der Waals surface area contributed by atoms with E-state index in [0.717, 1.165) is 23.7 Å². The minimum atomic E-state index is 0.380. The maximum absolute atomic E-state index is 3.59. The Bertz CT molecular complexity index is 482. The zero-order valence-electron chi connectivity index (χ0n) is 18.1. The van der Waals surface area contributed by atoms with Crippen molar-refractivity contribution < 1.29 is 0 Å². The van der Waals surface area contributed by atoms with Gasteiger partial charge in [-0.25, -0.2) is 0 Å². The lowest BCUT2D eigenvalue weighted by Gasteiger charge is -2.69. The molecule has 2 aliphatic carbocycles. The van der Waals surface area contributed by atoms with Crippen LogP contribution in [-0.2, 0) is 0 Å². The monoisotopic (exact) mass is 333 g/mol. The van der Waals surface area contributed by atoms with E-state index in [1.54, 1.807) is 5.57 Å². The van der Waals surface area contributed by atoms with Crippen LogP contribution in [-0.4, -0.2) is 13.1 Å². The molecule has 0 aromatic carbocycles. The van der Waals surface area contributed by atoms with Crippen LogP contribution in [0.25, 0.3) is 0 Å². The van der Waals surface area contributed by atoms with E-state index >= 15 is 0 Å². The van der Waals surface area contributed by atoms with Gasteiger partial charge in [0.25, 0.3) is 0 Å². The van der Waals surface area contributed by atoms with Crippen molar-refractivity contribution in [1.29, 1.82) is 0 Å². The summed E-state index contributed by atoms with van der Waals surface area (Å²) >= 11 is 0. The molecule has 1 N–H and O–H groups in total. The van der Waals surface area contributed by atoms with Crippen molar-refractivity contribution in [2.24, 2.45) is 39.9 Å². The molecule has 4 unspecified atom stereocenters. The van der Waals surface area contributed by atoms with Crippen LogP contribution in [0.4, 0.5) is 0 Å². The number of hydrogen-bond acceptors (Lipinski definition) is 1. The summed E-state index contributed by atoms with van der Waals surface area (Å²) in [5.74, 6) is 3.04. The lowest BCUT2D eigenvalue weighted by molar-refractivity contribution is -0.183. The quantitative estimate of drug-likeness (QED) is 0.582. The lowest BCUT2D eigenvalue weighted by Crippen LogP contribution is -2.62. The molecule has 0 radical (unpaired) electrons. The minimum absolute atomic E-state index is 0.380. The Morgan fingerprint density at radius 1 is 1.12 bits per heavy atom. The molecule has 2 aliphatic rings. The van der Waals surface area contributed by atoms with Gasteiger partial charge in [0.05, 0.1) is 0 Å². The Kier molecular flexibility index (Phi) is 5.38. The molecule has 0 aromatic heterocycles. The van der Waals surface area contributed by atoms with Gasteiger partial charge in [0.15, 0.2) is 0 Å². The van der Waals surface area contributed by atoms with E-state index < -0.39 is 0 Å². The van der Waals surface area contributed by atoms with Crippen molar-refractivity contribution in [1.82, 2.24) is 5.32 Å². The van der Waals surface area contributed by atoms with E-state index in [2.05, 4.69) is 80.8 Å². The van der Waals surface area contributed by atoms with Gasteiger partial charge in [-0.15, -0.1) is 0 Å². The van der Waals surface area contributed by atoms with Crippen LogP contribution >= 0.6 is 0 Å². The molecule has 2 rings (SSSR count). The molecule has 140 valence electrons. The molecule has 0 saturated heterocycles. The number of hydrogen-bond donors (Lipinski definition) is 1. The summed E-state index contributed by atoms with van der Waals surface area (Å²) in [5.41, 5.74) is 2.93. The molecule has 0 aliphatic heterocycles. The van der Waals surface area contributed by atoms with Crippen LogP contribution < -0.4 is 5.32 Å². The van der Waals surface area contributed by atoms with Crippen molar-refractivity contribution >= 4 is 0 Å². The predicted molar refractivity (Wildman–Crippen MR) is 107 cm³/mol. The van der Waals surface area contributed by atoms with Gasteiger partial charge >= 0.3 is 0 Å². The van der Waals surface area contributed by atoms with Crippen LogP contribution in [0, 0.1) is 39.9 Å². The molecule has 0 bridgehead atoms. The van der Waals surface area contributed by atoms with E-state index in [1.807, 2.05) is 0 Å². The molecular weight excluding hydrogens is 290 g/mol. The Morgan fingerprint density at radius 3 is 2.12 bits per heavy atom. The molecule has 24 heavy (non-hydrogen) atoms. The van der Waals surface area contributed by atoms with Crippen LogP contribution in [0.3, 0.4) is 0 Å². The fourth-order valence-corrected chi connectivity index (χ4v) is 5.79. The Labute approximate surface area is 152 Å². The summed E-state index contributed by atoms with van der Waals surface area (Å²) in [6.07, 6.45) is 6.64. The van der Waals surface area contributed by atoms with Gasteiger partial charge in [-0.3, -0.25) is 0 Å². The number of allylic oxidation sites excluding steroid dienone is 1. The maximum atomic E-state index is 3.59. The average Bonchev–Trinajstić information content (AvgIpc) is 2.50. The molecule has 0 heterocycles. The van der Waals surface area contributed by atoms with E-state index in [9.17, 15) is 0 Å². The summed E-state index contributed by atoms with van der Waals surface area (Å²) in [6.45, 7) is 22.2. The Hall–Kier alpha value is -0.300. The van der Waals surface area contributed by atoms with Gasteiger partial charge in [0.1, 0.15) is 0 Å². The third-order valence-electron chi connectivity index (χ3n) is 9.03. The summed E-state index contributed by atoms with van der Waals surface area (Å²) in [6, 6.07) is 0.564. The standard InChI is InChI=1S/C23H43N/c1-15(2)18-12-11-17(13-20(18)24-10)19-14-23(9,22(19,7)8)21(5,6)16(3)4/h13,15-16,18-20,24H,11-12,14H2,1-10H3. The third kappa shape index (κ3) is 2.79. The normalized spacial score (nSPS) is 36.7. The first kappa shape index (κ1) is 20.0. The highest BCUT2D eigenvalue weighted by molar-refractivity contribution is 5.26. The topological polar surface area (TPSA) is 12.0 Å². The second kappa shape index (κ2) is 6.45. The Balaban J connectivity index is 2.24. The first-order chi connectivity index (χ1) is 10.9. The van der Waals surface area contributed by atoms with Crippen molar-refractivity contribution in [2.75, 3.05) is 7.05 Å². The molecule has 1 nitrogen and oxygen atoms in total. The molecular formula is C23H43N. The molecule has 0 amide bonds. The van der Waals surface area contributed by atoms with Crippen molar-refractivity contribution in [3.8, 4) is 0 Å². The molecule has 0 spiro atoms. The third-order valence-corrected chi connectivity index (χ3v) is 9.03. The maximum Gasteiger partial charge on any atom is 0.0280 e. The summed E-state index contributed by atoms with van der Waals surface area (Å²) < 4.78 is 0. The van der Waals surface area contributed by atoms with Gasteiger partial charge < -0.3 is 5.32 Å². The minimum Gasteiger partial charge on any atom is -0.313 e. The largest absolute Gasteiger partial charge is 0.313 e. The molecule has 0 aromatic rings. The van der Waals surface area contributed by atoms with E-state index in [1.165, 1.54) is 19.3 Å². The molecule has 1 heteroatoms. The van der Waals surface area contributed by atoms with Crippen molar-refractivity contribution in [3.05, 3.63) is 11.6 Å². The van der Waals surface area contributed by atoms with E-state index in [0.29, 0.717) is 22.3 Å². The van der Waals surface area contributed by atoms with Crippen LogP contribution in [0.2, 0.25) is 0 Å². The van der Waals surface area contributed by atoms with Gasteiger partial charge in [0, 0.05) is 6.04 Å². The fourth-order valence-electron chi connectivity index (χ4n) is 5.79. The highest BCUT2D eigenvalue weighted by Gasteiger charge is 2.64. The van der Waals surface area contributed by atoms with Crippen LogP contribution in [0.1, 0.15) is 81.6 Å². The van der Waals surface area contributed by atoms with E-state index in [-0.39, 0.29) is 0 Å². The summed E-state index contributed by atoms with van der Waals surface area (Å²) in [4.78, 5) is 0. The summed E-state index contributed by atoms with van der Waals surface area (Å²) in [7, 11) is 2.14. The molecule has 4 atom stereocenters. The van der Waals surface area contributed by atoms with Gasteiger partial charge in [-0.2, -0.15) is 0 Å². The molecule has 1 fully saturated rings. The first-order valence-corrected chi connectivity index (χ1v) is 10.3. The van der Waals surface area contributed by atoms with Crippen molar-refractivity contribution in [3.63, 3.8) is 0 Å². The predicted octanol–water partition coefficient (Wildman–Crippen LogP) is 6.30. The smallest absolute Gasteiger partial charge is 0.0280 e. The van der Waals surface area contributed by atoms with E-state index in [4.69, 9.17) is 0 Å². The zero-order valence-corrected chi connectivity index (χ0v) is 18.1. The highest BCUT2D eigenvalue weighted by Crippen LogP contribution is 2.71. The van der Waals surface area contributed by atoms with Crippen LogP contribution in [0.5, 0.6) is 0 Å². The van der Waals surface area contributed by atoms with Gasteiger partial charge in [0.2, 0.25) is 0 Å². The van der Waals surface area contributed by atoms with Crippen molar-refractivity contribution in [2.45, 2.75) is 87.6 Å². The highest BCUT2D eigenvalue weighted by atomic mass is 14.9. The molecule has 1 saturated carbocycles. The second-order valence-electron chi connectivity index (χ2n) is 10.7. The zero-order chi connectivity index (χ0) is 18.5. The summed E-state index contributed by atoms with van der Waals surface area (Å²) in [5, 5.41) is 3.59. The van der Waals surface area contributed by atoms with Gasteiger partial charge in [-0.05, 0) is 66.2 Å². The SMILES string of the molecule is CNC1C=C(C2CC(C)(C(C)(C)C(C)C)C2(C)C)CCC1C(C)C. The Morgan fingerprint density at radius 2 is 1.71 bits per heavy atom.